The maximum absolute atomic E-state index is 12.9. The van der Waals surface area contributed by atoms with Gasteiger partial charge >= 0.3 is 6.18 Å². The van der Waals surface area contributed by atoms with Crippen LogP contribution in [0, 0.1) is 0 Å². The number of hydrogen-bond donors (Lipinski definition) is 0. The van der Waals surface area contributed by atoms with E-state index in [1.54, 1.807) is 12.4 Å². The van der Waals surface area contributed by atoms with E-state index in [-0.39, 0.29) is 24.3 Å². The summed E-state index contributed by atoms with van der Waals surface area (Å²) in [6, 6.07) is 3.90. The van der Waals surface area contributed by atoms with Crippen LogP contribution in [-0.2, 0) is 20.8 Å². The van der Waals surface area contributed by atoms with E-state index in [0.29, 0.717) is 17.5 Å². The molecule has 1 aliphatic carbocycles. The molecule has 0 N–H and O–H groups in total. The highest BCUT2D eigenvalue weighted by Crippen LogP contribution is 2.39. The van der Waals surface area contributed by atoms with Gasteiger partial charge in [-0.1, -0.05) is 6.07 Å². The SMILES string of the molecule is O=S(=O)(c1cccc(C(F)(F)F)c1)C1CCO[C@@H](c2cnc(C3CC3)nc2)C1. The van der Waals surface area contributed by atoms with Crippen molar-refractivity contribution >= 4 is 9.84 Å². The second-order valence-electron chi connectivity index (χ2n) is 7.23. The Morgan fingerprint density at radius 3 is 2.43 bits per heavy atom. The van der Waals surface area contributed by atoms with Crippen LogP contribution in [0.2, 0.25) is 0 Å². The molecule has 2 aliphatic rings. The van der Waals surface area contributed by atoms with Crippen LogP contribution in [0.4, 0.5) is 13.2 Å². The summed E-state index contributed by atoms with van der Waals surface area (Å²) in [5.74, 6) is 1.20. The van der Waals surface area contributed by atoms with E-state index in [1.807, 2.05) is 0 Å². The van der Waals surface area contributed by atoms with Crippen molar-refractivity contribution < 1.29 is 26.3 Å². The van der Waals surface area contributed by atoms with Gasteiger partial charge < -0.3 is 4.74 Å². The molecule has 28 heavy (non-hydrogen) atoms. The topological polar surface area (TPSA) is 69.2 Å². The minimum atomic E-state index is -4.59. The van der Waals surface area contributed by atoms with E-state index < -0.39 is 32.9 Å². The summed E-state index contributed by atoms with van der Waals surface area (Å²) in [6.07, 6.45) is 0.778. The molecule has 2 aromatic rings. The van der Waals surface area contributed by atoms with Crippen molar-refractivity contribution in [1.29, 1.82) is 0 Å². The molecule has 1 saturated heterocycles. The van der Waals surface area contributed by atoms with E-state index in [1.165, 1.54) is 6.07 Å². The summed E-state index contributed by atoms with van der Waals surface area (Å²) in [5, 5.41) is -0.821. The first kappa shape index (κ1) is 19.3. The van der Waals surface area contributed by atoms with Crippen LogP contribution in [0.1, 0.15) is 54.7 Å². The molecule has 4 rings (SSSR count). The summed E-state index contributed by atoms with van der Waals surface area (Å²) in [7, 11) is -3.92. The minimum absolute atomic E-state index is 0.157. The molecule has 5 nitrogen and oxygen atoms in total. The highest BCUT2D eigenvalue weighted by molar-refractivity contribution is 7.92. The lowest BCUT2D eigenvalue weighted by atomic mass is 10.0. The summed E-state index contributed by atoms with van der Waals surface area (Å²) >= 11 is 0. The molecule has 0 bridgehead atoms. The van der Waals surface area contributed by atoms with Gasteiger partial charge in [-0.15, -0.1) is 0 Å². The minimum Gasteiger partial charge on any atom is -0.373 e. The maximum Gasteiger partial charge on any atom is 0.416 e. The van der Waals surface area contributed by atoms with Crippen molar-refractivity contribution in [2.24, 2.45) is 0 Å². The van der Waals surface area contributed by atoms with Crippen LogP contribution in [0.5, 0.6) is 0 Å². The molecular formula is C19H19F3N2O3S. The van der Waals surface area contributed by atoms with E-state index in [2.05, 4.69) is 9.97 Å². The van der Waals surface area contributed by atoms with Crippen LogP contribution in [0.15, 0.2) is 41.6 Å². The number of hydrogen-bond acceptors (Lipinski definition) is 5. The molecule has 0 spiro atoms. The number of halogens is 3. The first-order chi connectivity index (χ1) is 13.2. The van der Waals surface area contributed by atoms with Gasteiger partial charge in [-0.05, 0) is 43.9 Å². The fraction of sp³-hybridized carbons (Fsp3) is 0.474. The van der Waals surface area contributed by atoms with Crippen molar-refractivity contribution in [2.75, 3.05) is 6.61 Å². The van der Waals surface area contributed by atoms with Gasteiger partial charge in [-0.3, -0.25) is 0 Å². The number of sulfone groups is 1. The van der Waals surface area contributed by atoms with E-state index in [0.717, 1.165) is 30.8 Å². The number of rotatable bonds is 4. The lowest BCUT2D eigenvalue weighted by Gasteiger charge is -2.29. The van der Waals surface area contributed by atoms with E-state index >= 15 is 0 Å². The molecule has 1 saturated carbocycles. The smallest absolute Gasteiger partial charge is 0.373 e. The third-order valence-corrected chi connectivity index (χ3v) is 7.39. The molecule has 1 aromatic carbocycles. The van der Waals surface area contributed by atoms with Gasteiger partial charge in [-0.2, -0.15) is 13.2 Å². The molecule has 150 valence electrons. The first-order valence-electron chi connectivity index (χ1n) is 9.10. The lowest BCUT2D eigenvalue weighted by molar-refractivity contribution is -0.137. The number of ether oxygens (including phenoxy) is 1. The predicted molar refractivity (Wildman–Crippen MR) is 94.4 cm³/mol. The zero-order chi connectivity index (χ0) is 19.9. The summed E-state index contributed by atoms with van der Waals surface area (Å²) in [5.41, 5.74) is -0.283. The largest absolute Gasteiger partial charge is 0.416 e. The molecule has 2 heterocycles. The fourth-order valence-electron chi connectivity index (χ4n) is 3.39. The average Bonchev–Trinajstić information content (AvgIpc) is 3.53. The van der Waals surface area contributed by atoms with Gasteiger partial charge in [0.05, 0.1) is 21.8 Å². The predicted octanol–water partition coefficient (Wildman–Crippen LogP) is 4.07. The summed E-state index contributed by atoms with van der Waals surface area (Å²) in [6.45, 7) is 0.206. The van der Waals surface area contributed by atoms with Crippen molar-refractivity contribution in [1.82, 2.24) is 9.97 Å². The molecular weight excluding hydrogens is 393 g/mol. The van der Waals surface area contributed by atoms with Gasteiger partial charge in [0.25, 0.3) is 0 Å². The molecule has 2 atom stereocenters. The monoisotopic (exact) mass is 412 g/mol. The van der Waals surface area contributed by atoms with Crippen LogP contribution < -0.4 is 0 Å². The van der Waals surface area contributed by atoms with E-state index in [4.69, 9.17) is 4.74 Å². The molecule has 1 unspecified atom stereocenters. The third-order valence-electron chi connectivity index (χ3n) is 5.17. The van der Waals surface area contributed by atoms with Crippen molar-refractivity contribution in [3.8, 4) is 0 Å². The zero-order valence-electron chi connectivity index (χ0n) is 14.9. The normalized spacial score (nSPS) is 23.5. The summed E-state index contributed by atoms with van der Waals surface area (Å²) in [4.78, 5) is 8.36. The second kappa shape index (κ2) is 7.11. The lowest BCUT2D eigenvalue weighted by Crippen LogP contribution is -2.31. The number of nitrogens with zero attached hydrogens (tertiary/aromatic N) is 2. The molecule has 0 amide bonds. The molecule has 0 radical (unpaired) electrons. The van der Waals surface area contributed by atoms with Gasteiger partial charge in [0, 0.05) is 30.5 Å². The van der Waals surface area contributed by atoms with Crippen LogP contribution in [-0.4, -0.2) is 30.2 Å². The van der Waals surface area contributed by atoms with Gasteiger partial charge in [0.1, 0.15) is 5.82 Å². The molecule has 1 aliphatic heterocycles. The van der Waals surface area contributed by atoms with Crippen LogP contribution in [0.3, 0.4) is 0 Å². The summed E-state index contributed by atoms with van der Waals surface area (Å²) < 4.78 is 70.4. The van der Waals surface area contributed by atoms with Gasteiger partial charge in [0.2, 0.25) is 0 Å². The van der Waals surface area contributed by atoms with Crippen LogP contribution >= 0.6 is 0 Å². The Morgan fingerprint density at radius 2 is 1.79 bits per heavy atom. The number of benzene rings is 1. The van der Waals surface area contributed by atoms with Crippen molar-refractivity contribution in [2.45, 2.75) is 54.0 Å². The Morgan fingerprint density at radius 1 is 1.07 bits per heavy atom. The van der Waals surface area contributed by atoms with Gasteiger partial charge in [-0.25, -0.2) is 18.4 Å². The maximum atomic E-state index is 12.9. The quantitative estimate of drug-likeness (QED) is 0.757. The Balaban J connectivity index is 1.55. The first-order valence-corrected chi connectivity index (χ1v) is 10.6. The number of alkyl halides is 3. The van der Waals surface area contributed by atoms with Crippen molar-refractivity contribution in [3.63, 3.8) is 0 Å². The fourth-order valence-corrected chi connectivity index (χ4v) is 5.17. The highest BCUT2D eigenvalue weighted by atomic mass is 32.2. The van der Waals surface area contributed by atoms with E-state index in [9.17, 15) is 21.6 Å². The zero-order valence-corrected chi connectivity index (χ0v) is 15.7. The Kier molecular flexibility index (Phi) is 4.91. The Labute approximate surface area is 160 Å². The third kappa shape index (κ3) is 3.91. The Bertz CT molecular complexity index is 957. The molecule has 9 heteroatoms. The second-order valence-corrected chi connectivity index (χ2v) is 9.45. The highest BCUT2D eigenvalue weighted by Gasteiger charge is 2.37. The average molecular weight is 412 g/mol. The van der Waals surface area contributed by atoms with Crippen LogP contribution in [0.25, 0.3) is 0 Å². The number of aromatic nitrogens is 2. The Hall–Kier alpha value is -2.00. The van der Waals surface area contributed by atoms with Gasteiger partial charge in [0.15, 0.2) is 9.84 Å². The standard InChI is InChI=1S/C19H19F3N2O3S/c20-19(21,22)14-2-1-3-15(8-14)28(25,26)16-6-7-27-17(9-16)13-10-23-18(24-11-13)12-4-5-12/h1-3,8,10-12,16-17H,4-7,9H2/t16?,17-/m1/s1. The van der Waals surface area contributed by atoms with Crippen molar-refractivity contribution in [3.05, 3.63) is 53.6 Å². The molecule has 1 aromatic heterocycles. The molecule has 2 fully saturated rings.